The normalized spacial score (nSPS) is 12.3. The SMILES string of the molecule is CCCCCCCCCCCC=Cc1c(O)c(OC)cc(O)c1-c1c(O)cc(O)cc1C(C)CCCCCCCCCCC. The summed E-state index contributed by atoms with van der Waals surface area (Å²) in [5.41, 5.74) is 1.98. The molecule has 1 atom stereocenters. The largest absolute Gasteiger partial charge is 0.508 e. The van der Waals surface area contributed by atoms with Crippen LogP contribution in [-0.4, -0.2) is 27.5 Å². The van der Waals surface area contributed by atoms with E-state index in [1.54, 1.807) is 6.07 Å². The minimum absolute atomic E-state index is 0.0140. The Morgan fingerprint density at radius 1 is 0.636 bits per heavy atom. The van der Waals surface area contributed by atoms with Crippen molar-refractivity contribution in [1.29, 1.82) is 0 Å². The molecule has 0 heterocycles. The Bertz CT molecular complexity index is 1110. The zero-order chi connectivity index (χ0) is 32.2. The van der Waals surface area contributed by atoms with Gasteiger partial charge in [-0.1, -0.05) is 142 Å². The first kappa shape index (κ1) is 37.4. The van der Waals surface area contributed by atoms with Crippen LogP contribution >= 0.6 is 0 Å². The number of aromatic hydroxyl groups is 4. The summed E-state index contributed by atoms with van der Waals surface area (Å²) in [5.74, 6) is -0.0766. The van der Waals surface area contributed by atoms with Crippen molar-refractivity contribution in [3.8, 4) is 39.9 Å². The molecule has 0 saturated heterocycles. The number of benzene rings is 2. The number of rotatable bonds is 24. The number of ether oxygens (including phenoxy) is 1. The number of hydrogen-bond acceptors (Lipinski definition) is 5. The van der Waals surface area contributed by atoms with E-state index in [1.807, 2.05) is 12.2 Å². The number of phenolic OH excluding ortho intramolecular Hbond substituents is 4. The van der Waals surface area contributed by atoms with Crippen LogP contribution in [0.2, 0.25) is 0 Å². The predicted molar refractivity (Wildman–Crippen MR) is 186 cm³/mol. The Labute approximate surface area is 268 Å². The van der Waals surface area contributed by atoms with E-state index < -0.39 is 0 Å². The summed E-state index contributed by atoms with van der Waals surface area (Å²) in [7, 11) is 1.46. The second kappa shape index (κ2) is 21.8. The molecular formula is C39H62O5. The monoisotopic (exact) mass is 610 g/mol. The minimum Gasteiger partial charge on any atom is -0.508 e. The van der Waals surface area contributed by atoms with Crippen molar-refractivity contribution in [1.82, 2.24) is 0 Å². The van der Waals surface area contributed by atoms with Gasteiger partial charge in [0.05, 0.1) is 7.11 Å². The third kappa shape index (κ3) is 12.7. The van der Waals surface area contributed by atoms with Crippen molar-refractivity contribution < 1.29 is 25.2 Å². The third-order valence-corrected chi connectivity index (χ3v) is 8.91. The van der Waals surface area contributed by atoms with Gasteiger partial charge in [-0.05, 0) is 36.8 Å². The number of unbranched alkanes of at least 4 members (excludes halogenated alkanes) is 17. The van der Waals surface area contributed by atoms with Crippen molar-refractivity contribution in [2.24, 2.45) is 0 Å². The molecule has 2 rings (SSSR count). The van der Waals surface area contributed by atoms with Gasteiger partial charge in [-0.15, -0.1) is 0 Å². The van der Waals surface area contributed by atoms with Gasteiger partial charge in [0.2, 0.25) is 0 Å². The molecule has 0 aromatic heterocycles. The van der Waals surface area contributed by atoms with Crippen molar-refractivity contribution in [3.05, 3.63) is 35.4 Å². The van der Waals surface area contributed by atoms with Gasteiger partial charge >= 0.3 is 0 Å². The maximum absolute atomic E-state index is 11.2. The molecule has 5 heteroatoms. The van der Waals surface area contributed by atoms with Crippen LogP contribution in [-0.2, 0) is 0 Å². The molecule has 0 spiro atoms. The van der Waals surface area contributed by atoms with Crippen LogP contribution < -0.4 is 4.74 Å². The summed E-state index contributed by atoms with van der Waals surface area (Å²) >= 11 is 0. The van der Waals surface area contributed by atoms with Crippen molar-refractivity contribution >= 4 is 6.08 Å². The first-order chi connectivity index (χ1) is 21.3. The summed E-state index contributed by atoms with van der Waals surface area (Å²) < 4.78 is 5.36. The van der Waals surface area contributed by atoms with Crippen LogP contribution in [0.3, 0.4) is 0 Å². The lowest BCUT2D eigenvalue weighted by atomic mass is 9.85. The smallest absolute Gasteiger partial charge is 0.165 e. The maximum Gasteiger partial charge on any atom is 0.165 e. The van der Waals surface area contributed by atoms with E-state index in [-0.39, 0.29) is 34.7 Å². The van der Waals surface area contributed by atoms with Crippen molar-refractivity contribution in [2.45, 2.75) is 155 Å². The minimum atomic E-state index is -0.118. The molecule has 0 aliphatic rings. The first-order valence-electron chi connectivity index (χ1n) is 17.7. The van der Waals surface area contributed by atoms with Crippen molar-refractivity contribution in [2.75, 3.05) is 7.11 Å². The van der Waals surface area contributed by atoms with E-state index in [1.165, 1.54) is 116 Å². The lowest BCUT2D eigenvalue weighted by Gasteiger charge is -2.22. The third-order valence-electron chi connectivity index (χ3n) is 8.91. The highest BCUT2D eigenvalue weighted by Gasteiger charge is 2.25. The standard InChI is InChI=1S/C39H62O5/c1-5-7-9-11-13-15-16-18-20-22-24-26-32-37(35(42)29-36(44-4)39(32)43)38-33(27-31(40)28-34(38)41)30(3)25-23-21-19-17-14-12-10-8-6-2/h24,26-30,40-43H,5-23,25H2,1-4H3. The Morgan fingerprint density at radius 3 is 1.68 bits per heavy atom. The van der Waals surface area contributed by atoms with Crippen LogP contribution in [0.5, 0.6) is 28.7 Å². The fourth-order valence-corrected chi connectivity index (χ4v) is 6.22. The summed E-state index contributed by atoms with van der Waals surface area (Å²) in [4.78, 5) is 0. The fourth-order valence-electron chi connectivity index (χ4n) is 6.22. The summed E-state index contributed by atoms with van der Waals surface area (Å²) in [6, 6.07) is 4.38. The van der Waals surface area contributed by atoms with E-state index in [9.17, 15) is 20.4 Å². The van der Waals surface area contributed by atoms with Gasteiger partial charge in [-0.25, -0.2) is 0 Å². The zero-order valence-electron chi connectivity index (χ0n) is 28.3. The highest BCUT2D eigenvalue weighted by Crippen LogP contribution is 2.50. The molecule has 0 bridgehead atoms. The molecule has 0 saturated carbocycles. The van der Waals surface area contributed by atoms with Crippen LogP contribution in [0.25, 0.3) is 17.2 Å². The van der Waals surface area contributed by atoms with Gasteiger partial charge in [-0.3, -0.25) is 0 Å². The first-order valence-corrected chi connectivity index (χ1v) is 17.7. The van der Waals surface area contributed by atoms with E-state index in [2.05, 4.69) is 20.8 Å². The molecule has 4 N–H and O–H groups in total. The van der Waals surface area contributed by atoms with Gasteiger partial charge in [0, 0.05) is 28.8 Å². The molecular weight excluding hydrogens is 548 g/mol. The van der Waals surface area contributed by atoms with Gasteiger partial charge in [-0.2, -0.15) is 0 Å². The molecule has 2 aromatic rings. The topological polar surface area (TPSA) is 90.2 Å². The number of hydrogen-bond donors (Lipinski definition) is 4. The Balaban J connectivity index is 2.15. The highest BCUT2D eigenvalue weighted by molar-refractivity contribution is 5.90. The molecule has 1 unspecified atom stereocenters. The summed E-state index contributed by atoms with van der Waals surface area (Å²) in [6.45, 7) is 6.59. The number of phenols is 4. The van der Waals surface area contributed by atoms with E-state index in [4.69, 9.17) is 4.74 Å². The Hall–Kier alpha value is -2.82. The average molecular weight is 611 g/mol. The van der Waals surface area contributed by atoms with Crippen molar-refractivity contribution in [3.63, 3.8) is 0 Å². The molecule has 248 valence electrons. The highest BCUT2D eigenvalue weighted by atomic mass is 16.5. The van der Waals surface area contributed by atoms with Gasteiger partial charge in [0.25, 0.3) is 0 Å². The number of allylic oxidation sites excluding steroid dienone is 1. The van der Waals surface area contributed by atoms with E-state index in [0.29, 0.717) is 16.7 Å². The summed E-state index contributed by atoms with van der Waals surface area (Å²) in [6.07, 6.45) is 28.2. The van der Waals surface area contributed by atoms with Crippen LogP contribution in [0.15, 0.2) is 24.3 Å². The average Bonchev–Trinajstić information content (AvgIpc) is 3.00. The predicted octanol–water partition coefficient (Wildman–Crippen LogP) is 12.1. The second-order valence-electron chi connectivity index (χ2n) is 12.7. The molecule has 0 amide bonds. The lowest BCUT2D eigenvalue weighted by molar-refractivity contribution is 0.368. The van der Waals surface area contributed by atoms with Gasteiger partial charge in [0.1, 0.15) is 17.2 Å². The molecule has 2 aromatic carbocycles. The maximum atomic E-state index is 11.2. The number of methoxy groups -OCH3 is 1. The van der Waals surface area contributed by atoms with Gasteiger partial charge in [0.15, 0.2) is 11.5 Å². The molecule has 0 radical (unpaired) electrons. The quantitative estimate of drug-likeness (QED) is 0.0701. The van der Waals surface area contributed by atoms with Crippen LogP contribution in [0, 0.1) is 0 Å². The zero-order valence-corrected chi connectivity index (χ0v) is 28.3. The van der Waals surface area contributed by atoms with Crippen LogP contribution in [0.4, 0.5) is 0 Å². The molecule has 5 nitrogen and oxygen atoms in total. The van der Waals surface area contributed by atoms with Gasteiger partial charge < -0.3 is 25.2 Å². The fraction of sp³-hybridized carbons (Fsp3) is 0.641. The Kier molecular flexibility index (Phi) is 18.5. The molecule has 0 aliphatic heterocycles. The van der Waals surface area contributed by atoms with E-state index in [0.717, 1.165) is 37.7 Å². The summed E-state index contributed by atoms with van der Waals surface area (Å²) in [5, 5.41) is 43.9. The molecule has 44 heavy (non-hydrogen) atoms. The molecule has 0 aliphatic carbocycles. The Morgan fingerprint density at radius 2 is 1.14 bits per heavy atom. The molecule has 0 fully saturated rings. The van der Waals surface area contributed by atoms with E-state index >= 15 is 0 Å². The van der Waals surface area contributed by atoms with Crippen LogP contribution in [0.1, 0.15) is 166 Å². The second-order valence-corrected chi connectivity index (χ2v) is 12.7. The lowest BCUT2D eigenvalue weighted by Crippen LogP contribution is -2.00.